The molecule has 4 rings (SSSR count). The number of aromatic nitrogens is 1. The standard InChI is InChI=1S/C26H23N3O5/c1-17-5-7-20(8-6-17)25(32)28(16-19-4-3-13-27-15-19)23-14-24(31)29(26(23)33)21-9-11-22(12-10-21)34-18(2)30/h3-13,15,23H,14,16H2,1-2H3. The van der Waals surface area contributed by atoms with E-state index >= 15 is 0 Å². The van der Waals surface area contributed by atoms with Crippen LogP contribution in [0.4, 0.5) is 5.69 Å². The summed E-state index contributed by atoms with van der Waals surface area (Å²) in [5, 5.41) is 0. The molecule has 1 aromatic heterocycles. The smallest absolute Gasteiger partial charge is 0.308 e. The van der Waals surface area contributed by atoms with Gasteiger partial charge >= 0.3 is 5.97 Å². The predicted octanol–water partition coefficient (Wildman–Crippen LogP) is 3.29. The molecular weight excluding hydrogens is 434 g/mol. The van der Waals surface area contributed by atoms with Crippen molar-refractivity contribution in [1.29, 1.82) is 0 Å². The maximum atomic E-state index is 13.5. The first-order valence-corrected chi connectivity index (χ1v) is 10.8. The van der Waals surface area contributed by atoms with E-state index in [1.54, 1.807) is 30.6 Å². The Morgan fingerprint density at radius 2 is 1.76 bits per heavy atom. The number of amides is 3. The second-order valence-corrected chi connectivity index (χ2v) is 8.04. The molecular formula is C26H23N3O5. The Bertz CT molecular complexity index is 1220. The molecule has 1 aliphatic heterocycles. The quantitative estimate of drug-likeness (QED) is 0.320. The van der Waals surface area contributed by atoms with Gasteiger partial charge in [0.1, 0.15) is 11.8 Å². The Morgan fingerprint density at radius 1 is 1.06 bits per heavy atom. The van der Waals surface area contributed by atoms with Gasteiger partial charge in [0.25, 0.3) is 11.8 Å². The third-order valence-electron chi connectivity index (χ3n) is 5.49. The molecule has 0 aliphatic carbocycles. The molecule has 1 aliphatic rings. The van der Waals surface area contributed by atoms with Gasteiger partial charge in [0.2, 0.25) is 5.91 Å². The van der Waals surface area contributed by atoms with Crippen LogP contribution in [0, 0.1) is 6.92 Å². The molecule has 0 radical (unpaired) electrons. The maximum Gasteiger partial charge on any atom is 0.308 e. The first kappa shape index (κ1) is 22.8. The minimum atomic E-state index is -0.963. The molecule has 3 amide bonds. The van der Waals surface area contributed by atoms with Crippen molar-refractivity contribution < 1.29 is 23.9 Å². The zero-order valence-electron chi connectivity index (χ0n) is 18.8. The number of pyridine rings is 1. The summed E-state index contributed by atoms with van der Waals surface area (Å²) >= 11 is 0. The number of esters is 1. The lowest BCUT2D eigenvalue weighted by Crippen LogP contribution is -2.45. The third kappa shape index (κ3) is 4.85. The van der Waals surface area contributed by atoms with Crippen LogP contribution in [-0.2, 0) is 20.9 Å². The van der Waals surface area contributed by atoms with E-state index in [2.05, 4.69) is 4.98 Å². The van der Waals surface area contributed by atoms with Crippen LogP contribution in [0.25, 0.3) is 0 Å². The number of carbonyl (C=O) groups is 4. The van der Waals surface area contributed by atoms with Crippen molar-refractivity contribution in [2.75, 3.05) is 4.90 Å². The molecule has 34 heavy (non-hydrogen) atoms. The second kappa shape index (κ2) is 9.66. The van der Waals surface area contributed by atoms with E-state index in [-0.39, 0.29) is 18.9 Å². The van der Waals surface area contributed by atoms with Gasteiger partial charge in [-0.25, -0.2) is 4.90 Å². The van der Waals surface area contributed by atoms with Gasteiger partial charge in [-0.05, 0) is 55.0 Å². The molecule has 0 bridgehead atoms. The Kier molecular flexibility index (Phi) is 6.49. The molecule has 1 fully saturated rings. The summed E-state index contributed by atoms with van der Waals surface area (Å²) in [5.41, 5.74) is 2.52. The molecule has 8 nitrogen and oxygen atoms in total. The van der Waals surface area contributed by atoms with Crippen LogP contribution in [-0.4, -0.2) is 39.6 Å². The highest BCUT2D eigenvalue weighted by Crippen LogP contribution is 2.29. The average Bonchev–Trinajstić information content (AvgIpc) is 3.12. The number of ether oxygens (including phenoxy) is 1. The van der Waals surface area contributed by atoms with Crippen molar-refractivity contribution in [2.45, 2.75) is 32.9 Å². The minimum absolute atomic E-state index is 0.128. The van der Waals surface area contributed by atoms with Crippen molar-refractivity contribution in [3.63, 3.8) is 0 Å². The van der Waals surface area contributed by atoms with Crippen molar-refractivity contribution >= 4 is 29.4 Å². The Balaban J connectivity index is 1.64. The number of hydrogen-bond acceptors (Lipinski definition) is 6. The van der Waals surface area contributed by atoms with Crippen LogP contribution in [0.3, 0.4) is 0 Å². The summed E-state index contributed by atoms with van der Waals surface area (Å²) < 4.78 is 5.01. The summed E-state index contributed by atoms with van der Waals surface area (Å²) in [4.78, 5) is 57.5. The van der Waals surface area contributed by atoms with Crippen LogP contribution in [0.1, 0.15) is 34.8 Å². The lowest BCUT2D eigenvalue weighted by molar-refractivity contribution is -0.132. The molecule has 0 saturated carbocycles. The van der Waals surface area contributed by atoms with Crippen LogP contribution in [0.2, 0.25) is 0 Å². The molecule has 0 spiro atoms. The molecule has 8 heteroatoms. The fourth-order valence-corrected chi connectivity index (χ4v) is 3.83. The van der Waals surface area contributed by atoms with Gasteiger partial charge < -0.3 is 9.64 Å². The van der Waals surface area contributed by atoms with E-state index < -0.39 is 23.8 Å². The number of anilines is 1. The maximum absolute atomic E-state index is 13.5. The molecule has 1 unspecified atom stereocenters. The number of carbonyl (C=O) groups excluding carboxylic acids is 4. The van der Waals surface area contributed by atoms with Crippen LogP contribution >= 0.6 is 0 Å². The van der Waals surface area contributed by atoms with Gasteiger partial charge in [-0.2, -0.15) is 0 Å². The summed E-state index contributed by atoms with van der Waals surface area (Å²) in [7, 11) is 0. The van der Waals surface area contributed by atoms with Gasteiger partial charge in [0.05, 0.1) is 12.1 Å². The fraction of sp³-hybridized carbons (Fsp3) is 0.192. The van der Waals surface area contributed by atoms with Crippen LogP contribution in [0.15, 0.2) is 73.1 Å². The first-order valence-electron chi connectivity index (χ1n) is 10.8. The number of hydrogen-bond donors (Lipinski definition) is 0. The largest absolute Gasteiger partial charge is 0.427 e. The van der Waals surface area contributed by atoms with E-state index in [1.807, 2.05) is 25.1 Å². The number of imide groups is 1. The van der Waals surface area contributed by atoms with E-state index in [9.17, 15) is 19.2 Å². The van der Waals surface area contributed by atoms with E-state index in [1.165, 1.54) is 36.1 Å². The summed E-state index contributed by atoms with van der Waals surface area (Å²) in [5.74, 6) is -1.42. The molecule has 2 heterocycles. The van der Waals surface area contributed by atoms with Crippen LogP contribution in [0.5, 0.6) is 5.75 Å². The van der Waals surface area contributed by atoms with Crippen molar-refractivity contribution in [2.24, 2.45) is 0 Å². The number of aryl methyl sites for hydroxylation is 1. The summed E-state index contributed by atoms with van der Waals surface area (Å²) in [6.45, 7) is 3.34. The van der Waals surface area contributed by atoms with E-state index in [0.29, 0.717) is 17.0 Å². The molecule has 3 aromatic rings. The Labute approximate surface area is 196 Å². The van der Waals surface area contributed by atoms with Gasteiger partial charge in [-0.15, -0.1) is 0 Å². The average molecular weight is 457 g/mol. The number of benzene rings is 2. The van der Waals surface area contributed by atoms with Crippen molar-refractivity contribution in [3.05, 3.63) is 89.7 Å². The SMILES string of the molecule is CC(=O)Oc1ccc(N2C(=O)CC(N(Cc3cccnc3)C(=O)c3ccc(C)cc3)C2=O)cc1. The highest BCUT2D eigenvalue weighted by molar-refractivity contribution is 6.23. The lowest BCUT2D eigenvalue weighted by Gasteiger charge is -2.28. The third-order valence-corrected chi connectivity index (χ3v) is 5.49. The topological polar surface area (TPSA) is 96.9 Å². The Hall–Kier alpha value is -4.33. The van der Waals surface area contributed by atoms with Gasteiger partial charge in [0.15, 0.2) is 0 Å². The minimum Gasteiger partial charge on any atom is -0.427 e. The van der Waals surface area contributed by atoms with E-state index in [4.69, 9.17) is 4.74 Å². The van der Waals surface area contributed by atoms with Crippen LogP contribution < -0.4 is 9.64 Å². The van der Waals surface area contributed by atoms with E-state index in [0.717, 1.165) is 16.0 Å². The lowest BCUT2D eigenvalue weighted by atomic mass is 10.1. The predicted molar refractivity (Wildman–Crippen MR) is 124 cm³/mol. The molecule has 172 valence electrons. The fourth-order valence-electron chi connectivity index (χ4n) is 3.83. The normalized spacial score (nSPS) is 15.4. The molecule has 1 saturated heterocycles. The van der Waals surface area contributed by atoms with Gasteiger partial charge in [-0.3, -0.25) is 24.2 Å². The zero-order valence-corrected chi connectivity index (χ0v) is 18.8. The number of nitrogens with zero attached hydrogens (tertiary/aromatic N) is 3. The van der Waals surface area contributed by atoms with Gasteiger partial charge in [0, 0.05) is 31.4 Å². The Morgan fingerprint density at radius 3 is 2.38 bits per heavy atom. The zero-order chi connectivity index (χ0) is 24.2. The monoisotopic (exact) mass is 457 g/mol. The molecule has 1 atom stereocenters. The van der Waals surface area contributed by atoms with Crippen molar-refractivity contribution in [3.8, 4) is 5.75 Å². The molecule has 2 aromatic carbocycles. The van der Waals surface area contributed by atoms with Crippen molar-refractivity contribution in [1.82, 2.24) is 9.88 Å². The first-order chi connectivity index (χ1) is 16.3. The van der Waals surface area contributed by atoms with Gasteiger partial charge in [-0.1, -0.05) is 23.8 Å². The molecule has 0 N–H and O–H groups in total. The highest BCUT2D eigenvalue weighted by atomic mass is 16.5. The highest BCUT2D eigenvalue weighted by Gasteiger charge is 2.44. The summed E-state index contributed by atoms with van der Waals surface area (Å²) in [6, 6.07) is 15.8. The second-order valence-electron chi connectivity index (χ2n) is 8.04. The number of rotatable bonds is 6. The summed E-state index contributed by atoms with van der Waals surface area (Å²) in [6.07, 6.45) is 3.12.